The summed E-state index contributed by atoms with van der Waals surface area (Å²) in [5, 5.41) is 4.02. The Morgan fingerprint density at radius 2 is 2.10 bits per heavy atom. The van der Waals surface area contributed by atoms with Gasteiger partial charge in [-0.3, -0.25) is 4.79 Å². The van der Waals surface area contributed by atoms with Gasteiger partial charge in [-0.25, -0.2) is 0 Å². The van der Waals surface area contributed by atoms with Crippen LogP contribution in [0.15, 0.2) is 18.2 Å². The molecular weight excluding hydrogens is 297 g/mol. The molecule has 0 spiro atoms. The molecule has 0 heterocycles. The van der Waals surface area contributed by atoms with Crippen molar-refractivity contribution >= 4 is 29.1 Å². The van der Waals surface area contributed by atoms with E-state index in [1.54, 1.807) is 18.2 Å². The van der Waals surface area contributed by atoms with Gasteiger partial charge in [0, 0.05) is 17.1 Å². The molecule has 2 rings (SSSR count). The van der Waals surface area contributed by atoms with Crippen LogP contribution in [0.25, 0.3) is 0 Å². The van der Waals surface area contributed by atoms with Gasteiger partial charge >= 0.3 is 0 Å². The Hall–Kier alpha value is -0.930. The largest absolute Gasteiger partial charge is 0.482 e. The second-order valence-corrected chi connectivity index (χ2v) is 6.14. The molecule has 2 unspecified atom stereocenters. The fourth-order valence-electron chi connectivity index (χ4n) is 2.51. The van der Waals surface area contributed by atoms with Gasteiger partial charge in [0.25, 0.3) is 5.91 Å². The lowest BCUT2D eigenvalue weighted by Gasteiger charge is -2.29. The van der Waals surface area contributed by atoms with Gasteiger partial charge in [-0.2, -0.15) is 0 Å². The zero-order valence-electron chi connectivity index (χ0n) is 11.5. The summed E-state index contributed by atoms with van der Waals surface area (Å²) in [6, 6.07) is 5.20. The third kappa shape index (κ3) is 4.29. The first-order valence-electron chi connectivity index (χ1n) is 6.93. The van der Waals surface area contributed by atoms with Crippen LogP contribution in [0, 0.1) is 5.92 Å². The van der Waals surface area contributed by atoms with Gasteiger partial charge in [-0.15, -0.1) is 0 Å². The van der Waals surface area contributed by atoms with Gasteiger partial charge in [-0.05, 0) is 30.9 Å². The minimum atomic E-state index is -0.111. The monoisotopic (exact) mass is 315 g/mol. The lowest BCUT2D eigenvalue weighted by atomic mass is 9.86. The molecule has 0 aromatic heterocycles. The van der Waals surface area contributed by atoms with Crippen LogP contribution in [-0.2, 0) is 4.79 Å². The Morgan fingerprint density at radius 1 is 1.35 bits per heavy atom. The van der Waals surface area contributed by atoms with E-state index in [0.717, 1.165) is 6.42 Å². The van der Waals surface area contributed by atoms with Crippen LogP contribution < -0.4 is 10.1 Å². The summed E-state index contributed by atoms with van der Waals surface area (Å²) in [6.07, 6.45) is 4.65. The molecule has 1 fully saturated rings. The number of nitrogens with one attached hydrogen (secondary N) is 1. The number of benzene rings is 1. The first-order chi connectivity index (χ1) is 9.56. The fourth-order valence-corrected chi connectivity index (χ4v) is 2.84. The van der Waals surface area contributed by atoms with E-state index in [9.17, 15) is 4.79 Å². The summed E-state index contributed by atoms with van der Waals surface area (Å²) in [5.74, 6) is 0.855. The molecule has 1 aromatic carbocycles. The van der Waals surface area contributed by atoms with Crippen molar-refractivity contribution in [1.29, 1.82) is 0 Å². The SMILES string of the molecule is CC1CCCCC1NC(=O)COc1cc(Cl)ccc1Cl. The number of rotatable bonds is 4. The standard InChI is InChI=1S/C15H19Cl2NO2/c1-10-4-2-3-5-13(10)18-15(19)9-20-14-8-11(16)6-7-12(14)17/h6-8,10,13H,2-5,9H2,1H3,(H,18,19). The average molecular weight is 316 g/mol. The summed E-state index contributed by atoms with van der Waals surface area (Å²) in [7, 11) is 0. The number of hydrogen-bond acceptors (Lipinski definition) is 2. The Balaban J connectivity index is 1.84. The molecule has 1 aromatic rings. The number of hydrogen-bond donors (Lipinski definition) is 1. The third-order valence-corrected chi connectivity index (χ3v) is 4.26. The Kier molecular flexibility index (Phi) is 5.55. The number of carbonyl (C=O) groups excluding carboxylic acids is 1. The van der Waals surface area contributed by atoms with E-state index < -0.39 is 0 Å². The molecule has 1 amide bonds. The highest BCUT2D eigenvalue weighted by Gasteiger charge is 2.22. The van der Waals surface area contributed by atoms with E-state index in [-0.39, 0.29) is 18.6 Å². The van der Waals surface area contributed by atoms with Crippen molar-refractivity contribution in [3.05, 3.63) is 28.2 Å². The molecule has 0 aliphatic heterocycles. The highest BCUT2D eigenvalue weighted by Crippen LogP contribution is 2.27. The number of ether oxygens (including phenoxy) is 1. The maximum atomic E-state index is 11.9. The highest BCUT2D eigenvalue weighted by molar-refractivity contribution is 6.34. The van der Waals surface area contributed by atoms with E-state index in [1.165, 1.54) is 19.3 Å². The Morgan fingerprint density at radius 3 is 2.85 bits per heavy atom. The summed E-state index contributed by atoms with van der Waals surface area (Å²) in [5.41, 5.74) is 0. The maximum absolute atomic E-state index is 11.9. The van der Waals surface area contributed by atoms with Gasteiger partial charge in [0.15, 0.2) is 6.61 Å². The summed E-state index contributed by atoms with van der Waals surface area (Å²) < 4.78 is 5.43. The Bertz CT molecular complexity index is 479. The Labute approximate surface area is 129 Å². The molecule has 110 valence electrons. The average Bonchev–Trinajstić information content (AvgIpc) is 2.42. The van der Waals surface area contributed by atoms with Crippen LogP contribution in [0.1, 0.15) is 32.6 Å². The van der Waals surface area contributed by atoms with Crippen molar-refractivity contribution in [2.75, 3.05) is 6.61 Å². The van der Waals surface area contributed by atoms with Gasteiger partial charge in [0.2, 0.25) is 0 Å². The normalized spacial score (nSPS) is 22.4. The van der Waals surface area contributed by atoms with Crippen molar-refractivity contribution in [2.24, 2.45) is 5.92 Å². The zero-order valence-corrected chi connectivity index (χ0v) is 13.0. The van der Waals surface area contributed by atoms with Gasteiger partial charge in [0.05, 0.1) is 5.02 Å². The zero-order chi connectivity index (χ0) is 14.5. The predicted octanol–water partition coefficient (Wildman–Crippen LogP) is 4.07. The molecule has 0 radical (unpaired) electrons. The molecule has 1 saturated carbocycles. The molecule has 2 atom stereocenters. The number of carbonyl (C=O) groups is 1. The van der Waals surface area contributed by atoms with E-state index in [2.05, 4.69) is 12.2 Å². The molecule has 1 N–H and O–H groups in total. The molecule has 0 saturated heterocycles. The van der Waals surface area contributed by atoms with Crippen LogP contribution in [0.2, 0.25) is 10.0 Å². The minimum Gasteiger partial charge on any atom is -0.482 e. The molecule has 3 nitrogen and oxygen atoms in total. The molecule has 1 aliphatic rings. The van der Waals surface area contributed by atoms with Gasteiger partial charge < -0.3 is 10.1 Å². The fraction of sp³-hybridized carbons (Fsp3) is 0.533. The van der Waals surface area contributed by atoms with Crippen molar-refractivity contribution in [3.63, 3.8) is 0 Å². The first-order valence-corrected chi connectivity index (χ1v) is 7.69. The lowest BCUT2D eigenvalue weighted by molar-refractivity contribution is -0.124. The van der Waals surface area contributed by atoms with Crippen molar-refractivity contribution in [3.8, 4) is 5.75 Å². The topological polar surface area (TPSA) is 38.3 Å². The summed E-state index contributed by atoms with van der Waals surface area (Å²) in [6.45, 7) is 2.14. The van der Waals surface area contributed by atoms with E-state index in [0.29, 0.717) is 21.7 Å². The summed E-state index contributed by atoms with van der Waals surface area (Å²) >= 11 is 11.8. The van der Waals surface area contributed by atoms with Crippen molar-refractivity contribution in [1.82, 2.24) is 5.32 Å². The van der Waals surface area contributed by atoms with E-state index >= 15 is 0 Å². The van der Waals surface area contributed by atoms with Crippen molar-refractivity contribution < 1.29 is 9.53 Å². The molecule has 1 aliphatic carbocycles. The van der Waals surface area contributed by atoms with E-state index in [1.807, 2.05) is 0 Å². The maximum Gasteiger partial charge on any atom is 0.258 e. The van der Waals surface area contributed by atoms with Crippen LogP contribution in [0.5, 0.6) is 5.75 Å². The first kappa shape index (κ1) is 15.5. The second-order valence-electron chi connectivity index (χ2n) is 5.30. The van der Waals surface area contributed by atoms with Crippen LogP contribution in [0.4, 0.5) is 0 Å². The molecular formula is C15H19Cl2NO2. The third-order valence-electron chi connectivity index (χ3n) is 3.71. The lowest BCUT2D eigenvalue weighted by Crippen LogP contribution is -2.43. The second kappa shape index (κ2) is 7.19. The van der Waals surface area contributed by atoms with Crippen molar-refractivity contribution in [2.45, 2.75) is 38.6 Å². The minimum absolute atomic E-state index is 0.0384. The summed E-state index contributed by atoms with van der Waals surface area (Å²) in [4.78, 5) is 11.9. The molecule has 5 heteroatoms. The number of amides is 1. The molecule has 20 heavy (non-hydrogen) atoms. The predicted molar refractivity (Wildman–Crippen MR) is 81.5 cm³/mol. The highest BCUT2D eigenvalue weighted by atomic mass is 35.5. The van der Waals surface area contributed by atoms with Gasteiger partial charge in [-0.1, -0.05) is 43.0 Å². The molecule has 0 bridgehead atoms. The quantitative estimate of drug-likeness (QED) is 0.909. The van der Waals surface area contributed by atoms with Crippen LogP contribution in [-0.4, -0.2) is 18.6 Å². The van der Waals surface area contributed by atoms with E-state index in [4.69, 9.17) is 27.9 Å². The van der Waals surface area contributed by atoms with Crippen LogP contribution in [0.3, 0.4) is 0 Å². The number of halogens is 2. The van der Waals surface area contributed by atoms with Gasteiger partial charge in [0.1, 0.15) is 5.75 Å². The smallest absolute Gasteiger partial charge is 0.258 e. The van der Waals surface area contributed by atoms with Crippen LogP contribution >= 0.6 is 23.2 Å².